The molecule has 1 aliphatic rings. The van der Waals surface area contributed by atoms with Gasteiger partial charge in [-0.3, -0.25) is 0 Å². The van der Waals surface area contributed by atoms with Crippen LogP contribution < -0.4 is 4.74 Å². The summed E-state index contributed by atoms with van der Waals surface area (Å²) in [5.41, 5.74) is 2.23. The van der Waals surface area contributed by atoms with Crippen molar-refractivity contribution in [2.75, 3.05) is 26.8 Å². The first-order chi connectivity index (χ1) is 12.4. The van der Waals surface area contributed by atoms with E-state index in [2.05, 4.69) is 32.8 Å². The number of ether oxygens (including phenoxy) is 2. The molecule has 0 saturated carbocycles. The van der Waals surface area contributed by atoms with Crippen LogP contribution in [0.4, 0.5) is 5.69 Å². The van der Waals surface area contributed by atoms with Crippen LogP contribution in [0.5, 0.6) is 5.88 Å². The predicted octanol–water partition coefficient (Wildman–Crippen LogP) is 4.72. The number of aryl methyl sites for hydroxylation is 1. The lowest BCUT2D eigenvalue weighted by Crippen LogP contribution is -2.52. The van der Waals surface area contributed by atoms with Crippen molar-refractivity contribution in [2.24, 2.45) is 4.99 Å². The first-order valence-electron chi connectivity index (χ1n) is 8.37. The average molecular weight is 439 g/mol. The van der Waals surface area contributed by atoms with E-state index in [0.29, 0.717) is 24.1 Å². The molecule has 138 valence electrons. The monoisotopic (exact) mass is 437 g/mol. The van der Waals surface area contributed by atoms with E-state index in [1.807, 2.05) is 43.1 Å². The van der Waals surface area contributed by atoms with Gasteiger partial charge in [0.2, 0.25) is 5.88 Å². The van der Waals surface area contributed by atoms with Crippen LogP contribution in [0, 0.1) is 6.92 Å². The number of aromatic nitrogens is 1. The summed E-state index contributed by atoms with van der Waals surface area (Å²) >= 11 is 9.87. The minimum Gasteiger partial charge on any atom is -0.461 e. The van der Waals surface area contributed by atoms with Gasteiger partial charge in [0.25, 0.3) is 0 Å². The summed E-state index contributed by atoms with van der Waals surface area (Å²) < 4.78 is 12.6. The number of rotatable bonds is 6. The van der Waals surface area contributed by atoms with Crippen LogP contribution in [-0.2, 0) is 10.3 Å². The molecule has 26 heavy (non-hydrogen) atoms. The minimum absolute atomic E-state index is 0.461. The topological polar surface area (TPSA) is 47.0 Å². The Labute approximate surface area is 167 Å². The Kier molecular flexibility index (Phi) is 5.85. The molecular formula is C19H21BrClN3O2. The lowest BCUT2D eigenvalue weighted by atomic mass is 9.88. The van der Waals surface area contributed by atoms with E-state index in [4.69, 9.17) is 21.1 Å². The molecule has 2 heterocycles. The van der Waals surface area contributed by atoms with Gasteiger partial charge >= 0.3 is 0 Å². The second-order valence-electron chi connectivity index (χ2n) is 6.34. The molecule has 0 spiro atoms. The van der Waals surface area contributed by atoms with E-state index < -0.39 is 5.60 Å². The van der Waals surface area contributed by atoms with Crippen molar-refractivity contribution >= 4 is 39.6 Å². The summed E-state index contributed by atoms with van der Waals surface area (Å²) in [6.07, 6.45) is 3.50. The summed E-state index contributed by atoms with van der Waals surface area (Å²) in [7, 11) is 1.97. The van der Waals surface area contributed by atoms with Crippen LogP contribution in [-0.4, -0.2) is 43.0 Å². The maximum Gasteiger partial charge on any atom is 0.214 e. The van der Waals surface area contributed by atoms with Crippen molar-refractivity contribution in [3.05, 3.63) is 51.1 Å². The molecule has 1 aliphatic heterocycles. The fraction of sp³-hybridized carbons (Fsp3) is 0.368. The molecule has 1 fully saturated rings. The van der Waals surface area contributed by atoms with Crippen LogP contribution in [0.3, 0.4) is 0 Å². The molecule has 0 atom stereocenters. The molecule has 1 aromatic carbocycles. The standard InChI is InChI=1S/C19H21BrClN3O2/c1-4-24(3)12-23-17-7-13(2)15(8-16(17)21)19(10-25-11-19)26-18-6-5-14(20)9-22-18/h5-9,12H,4,10-11H2,1-3H3. The fourth-order valence-corrected chi connectivity index (χ4v) is 3.13. The number of nitrogens with zero attached hydrogens (tertiary/aromatic N) is 3. The smallest absolute Gasteiger partial charge is 0.214 e. The summed E-state index contributed by atoms with van der Waals surface area (Å²) in [6.45, 7) is 5.90. The molecule has 0 bridgehead atoms. The largest absolute Gasteiger partial charge is 0.461 e. The second kappa shape index (κ2) is 7.94. The molecule has 7 heteroatoms. The molecule has 0 aliphatic carbocycles. The molecule has 1 saturated heterocycles. The molecule has 0 N–H and O–H groups in total. The van der Waals surface area contributed by atoms with Crippen molar-refractivity contribution in [1.82, 2.24) is 9.88 Å². The van der Waals surface area contributed by atoms with Crippen LogP contribution in [0.25, 0.3) is 0 Å². The zero-order valence-electron chi connectivity index (χ0n) is 15.0. The van der Waals surface area contributed by atoms with Crippen molar-refractivity contribution in [3.63, 3.8) is 0 Å². The van der Waals surface area contributed by atoms with Crippen molar-refractivity contribution in [1.29, 1.82) is 0 Å². The third-order valence-corrected chi connectivity index (χ3v) is 5.12. The second-order valence-corrected chi connectivity index (χ2v) is 7.66. The quantitative estimate of drug-likeness (QED) is 0.483. The van der Waals surface area contributed by atoms with E-state index in [1.165, 1.54) is 0 Å². The highest BCUT2D eigenvalue weighted by Crippen LogP contribution is 2.40. The van der Waals surface area contributed by atoms with Gasteiger partial charge in [0.05, 0.1) is 30.3 Å². The lowest BCUT2D eigenvalue weighted by molar-refractivity contribution is -0.169. The van der Waals surface area contributed by atoms with E-state index in [1.54, 1.807) is 12.5 Å². The SMILES string of the molecule is CCN(C)C=Nc1cc(C)c(C2(Oc3ccc(Br)cn3)COC2)cc1Cl. The number of benzene rings is 1. The van der Waals surface area contributed by atoms with Crippen LogP contribution >= 0.6 is 27.5 Å². The Morgan fingerprint density at radius 2 is 2.19 bits per heavy atom. The third kappa shape index (κ3) is 4.03. The van der Waals surface area contributed by atoms with Crippen LogP contribution in [0.15, 0.2) is 39.9 Å². The first-order valence-corrected chi connectivity index (χ1v) is 9.54. The van der Waals surface area contributed by atoms with E-state index in [0.717, 1.165) is 27.8 Å². The fourth-order valence-electron chi connectivity index (χ4n) is 2.68. The van der Waals surface area contributed by atoms with Crippen LogP contribution in [0.2, 0.25) is 5.02 Å². The zero-order chi connectivity index (χ0) is 18.7. The Morgan fingerprint density at radius 1 is 1.42 bits per heavy atom. The molecule has 0 unspecified atom stereocenters. The molecule has 0 radical (unpaired) electrons. The van der Waals surface area contributed by atoms with Gasteiger partial charge in [0.15, 0.2) is 5.60 Å². The normalized spacial score (nSPS) is 15.7. The summed E-state index contributed by atoms with van der Waals surface area (Å²) in [4.78, 5) is 10.8. The zero-order valence-corrected chi connectivity index (χ0v) is 17.3. The summed E-state index contributed by atoms with van der Waals surface area (Å²) in [5, 5.41) is 0.588. The van der Waals surface area contributed by atoms with Crippen molar-refractivity contribution < 1.29 is 9.47 Å². The van der Waals surface area contributed by atoms with E-state index >= 15 is 0 Å². The van der Waals surface area contributed by atoms with Gasteiger partial charge < -0.3 is 14.4 Å². The molecule has 2 aromatic rings. The Balaban J connectivity index is 1.90. The van der Waals surface area contributed by atoms with Crippen molar-refractivity contribution in [3.8, 4) is 5.88 Å². The maximum absolute atomic E-state index is 6.49. The average Bonchev–Trinajstić information content (AvgIpc) is 2.60. The van der Waals surface area contributed by atoms with Gasteiger partial charge in [0, 0.05) is 35.9 Å². The Morgan fingerprint density at radius 3 is 2.77 bits per heavy atom. The highest BCUT2D eigenvalue weighted by molar-refractivity contribution is 9.10. The van der Waals surface area contributed by atoms with Gasteiger partial charge in [-0.05, 0) is 53.5 Å². The number of aliphatic imine (C=N–C) groups is 1. The molecule has 3 rings (SSSR count). The molecule has 0 amide bonds. The number of halogens is 2. The van der Waals surface area contributed by atoms with Crippen molar-refractivity contribution in [2.45, 2.75) is 19.4 Å². The maximum atomic E-state index is 6.49. The van der Waals surface area contributed by atoms with Gasteiger partial charge in [-0.2, -0.15) is 0 Å². The highest BCUT2D eigenvalue weighted by atomic mass is 79.9. The lowest BCUT2D eigenvalue weighted by Gasteiger charge is -2.42. The Hall–Kier alpha value is -1.63. The highest BCUT2D eigenvalue weighted by Gasteiger charge is 2.44. The van der Waals surface area contributed by atoms with Crippen LogP contribution in [0.1, 0.15) is 18.1 Å². The van der Waals surface area contributed by atoms with Gasteiger partial charge in [-0.25, -0.2) is 9.98 Å². The number of pyridine rings is 1. The van der Waals surface area contributed by atoms with Gasteiger partial charge in [-0.1, -0.05) is 11.6 Å². The third-order valence-electron chi connectivity index (χ3n) is 4.35. The molecule has 1 aromatic heterocycles. The predicted molar refractivity (Wildman–Crippen MR) is 108 cm³/mol. The molecule has 5 nitrogen and oxygen atoms in total. The first kappa shape index (κ1) is 19.1. The van der Waals surface area contributed by atoms with E-state index in [9.17, 15) is 0 Å². The van der Waals surface area contributed by atoms with Gasteiger partial charge in [-0.15, -0.1) is 0 Å². The minimum atomic E-state index is -0.572. The Bertz CT molecular complexity index is 807. The summed E-state index contributed by atoms with van der Waals surface area (Å²) in [6, 6.07) is 7.64. The summed E-state index contributed by atoms with van der Waals surface area (Å²) in [5.74, 6) is 0.554. The number of hydrogen-bond acceptors (Lipinski definition) is 4. The van der Waals surface area contributed by atoms with Gasteiger partial charge in [0.1, 0.15) is 0 Å². The molecular weight excluding hydrogens is 418 g/mol. The van der Waals surface area contributed by atoms with E-state index in [-0.39, 0.29) is 0 Å². The number of hydrogen-bond donors (Lipinski definition) is 0.